The van der Waals surface area contributed by atoms with E-state index >= 15 is 0 Å². The molecule has 1 aliphatic rings. The van der Waals surface area contributed by atoms with Crippen molar-refractivity contribution in [1.82, 2.24) is 0 Å². The predicted molar refractivity (Wildman–Crippen MR) is 66.9 cm³/mol. The molecule has 0 spiro atoms. The number of aromatic carboxylic acids is 1. The summed E-state index contributed by atoms with van der Waals surface area (Å²) in [6, 6.07) is 4.46. The number of nitrogens with two attached hydrogens (primary N) is 1. The number of hydrogen-bond donors (Lipinski definition) is 2. The molecule has 5 nitrogen and oxygen atoms in total. The van der Waals surface area contributed by atoms with Crippen LogP contribution in [0.3, 0.4) is 0 Å². The van der Waals surface area contributed by atoms with Crippen LogP contribution in [0.25, 0.3) is 0 Å². The van der Waals surface area contributed by atoms with Crippen molar-refractivity contribution >= 4 is 11.7 Å². The van der Waals surface area contributed by atoms with Gasteiger partial charge >= 0.3 is 5.97 Å². The van der Waals surface area contributed by atoms with Gasteiger partial charge in [0.25, 0.3) is 0 Å². The van der Waals surface area contributed by atoms with Crippen LogP contribution in [0.15, 0.2) is 18.2 Å². The summed E-state index contributed by atoms with van der Waals surface area (Å²) in [7, 11) is 0. The first kappa shape index (κ1) is 12.7. The number of carboxylic acids is 1. The molecule has 2 rings (SSSR count). The SMILES string of the molecule is CC1CCC(COc2ccc(C(=O)O)cc2N)O1. The van der Waals surface area contributed by atoms with Gasteiger partial charge in [-0.2, -0.15) is 0 Å². The maximum Gasteiger partial charge on any atom is 0.335 e. The van der Waals surface area contributed by atoms with E-state index in [0.29, 0.717) is 18.0 Å². The highest BCUT2D eigenvalue weighted by Crippen LogP contribution is 2.25. The number of carboxylic acid groups (broad SMARTS) is 1. The number of anilines is 1. The fraction of sp³-hybridized carbons (Fsp3) is 0.462. The summed E-state index contributed by atoms with van der Waals surface area (Å²) in [4.78, 5) is 10.8. The van der Waals surface area contributed by atoms with Gasteiger partial charge in [-0.25, -0.2) is 4.79 Å². The fourth-order valence-corrected chi connectivity index (χ4v) is 2.00. The van der Waals surface area contributed by atoms with E-state index in [9.17, 15) is 4.79 Å². The van der Waals surface area contributed by atoms with E-state index in [2.05, 4.69) is 0 Å². The second kappa shape index (κ2) is 5.27. The van der Waals surface area contributed by atoms with Crippen LogP contribution in [0.1, 0.15) is 30.1 Å². The average molecular weight is 251 g/mol. The van der Waals surface area contributed by atoms with Gasteiger partial charge in [-0.3, -0.25) is 0 Å². The fourth-order valence-electron chi connectivity index (χ4n) is 2.00. The third-order valence-corrected chi connectivity index (χ3v) is 3.00. The highest BCUT2D eigenvalue weighted by Gasteiger charge is 2.22. The zero-order chi connectivity index (χ0) is 13.1. The molecule has 2 unspecified atom stereocenters. The van der Waals surface area contributed by atoms with E-state index in [1.54, 1.807) is 6.07 Å². The van der Waals surface area contributed by atoms with E-state index in [1.165, 1.54) is 12.1 Å². The molecule has 0 aromatic heterocycles. The third-order valence-electron chi connectivity index (χ3n) is 3.00. The highest BCUT2D eigenvalue weighted by atomic mass is 16.5. The molecular weight excluding hydrogens is 234 g/mol. The lowest BCUT2D eigenvalue weighted by Gasteiger charge is -2.14. The lowest BCUT2D eigenvalue weighted by molar-refractivity contribution is 0.0266. The molecular formula is C13H17NO4. The summed E-state index contributed by atoms with van der Waals surface area (Å²) in [6.07, 6.45) is 2.40. The van der Waals surface area contributed by atoms with E-state index in [1.807, 2.05) is 6.92 Å². The Kier molecular flexibility index (Phi) is 3.72. The van der Waals surface area contributed by atoms with E-state index in [0.717, 1.165) is 12.8 Å². The second-order valence-electron chi connectivity index (χ2n) is 4.51. The van der Waals surface area contributed by atoms with Gasteiger partial charge in [0, 0.05) is 0 Å². The van der Waals surface area contributed by atoms with E-state index in [4.69, 9.17) is 20.3 Å². The van der Waals surface area contributed by atoms with Crippen molar-refractivity contribution in [2.45, 2.75) is 32.0 Å². The summed E-state index contributed by atoms with van der Waals surface area (Å²) in [6.45, 7) is 2.48. The number of hydrogen-bond acceptors (Lipinski definition) is 4. The van der Waals surface area contributed by atoms with Crippen LogP contribution in [-0.4, -0.2) is 29.9 Å². The lowest BCUT2D eigenvalue weighted by atomic mass is 10.2. The minimum absolute atomic E-state index is 0.0959. The zero-order valence-electron chi connectivity index (χ0n) is 10.3. The molecule has 1 heterocycles. The maximum absolute atomic E-state index is 10.8. The monoisotopic (exact) mass is 251 g/mol. The molecule has 0 bridgehead atoms. The zero-order valence-corrected chi connectivity index (χ0v) is 10.3. The molecule has 1 saturated heterocycles. The van der Waals surface area contributed by atoms with Crippen molar-refractivity contribution < 1.29 is 19.4 Å². The van der Waals surface area contributed by atoms with Crippen molar-refractivity contribution in [3.05, 3.63) is 23.8 Å². The van der Waals surface area contributed by atoms with Crippen LogP contribution in [0, 0.1) is 0 Å². The van der Waals surface area contributed by atoms with Crippen molar-refractivity contribution in [3.63, 3.8) is 0 Å². The lowest BCUT2D eigenvalue weighted by Crippen LogP contribution is -2.18. The van der Waals surface area contributed by atoms with Crippen LogP contribution >= 0.6 is 0 Å². The number of benzene rings is 1. The van der Waals surface area contributed by atoms with Gasteiger partial charge in [0.15, 0.2) is 0 Å². The van der Waals surface area contributed by atoms with Crippen molar-refractivity contribution in [2.24, 2.45) is 0 Å². The van der Waals surface area contributed by atoms with Crippen LogP contribution in [0.2, 0.25) is 0 Å². The smallest absolute Gasteiger partial charge is 0.335 e. The first-order chi connectivity index (χ1) is 8.56. The Bertz CT molecular complexity index is 447. The molecule has 0 saturated carbocycles. The number of carbonyl (C=O) groups is 1. The summed E-state index contributed by atoms with van der Waals surface area (Å²) >= 11 is 0. The molecule has 1 aromatic rings. The molecule has 5 heteroatoms. The van der Waals surface area contributed by atoms with Crippen molar-refractivity contribution in [2.75, 3.05) is 12.3 Å². The van der Waals surface area contributed by atoms with E-state index < -0.39 is 5.97 Å². The highest BCUT2D eigenvalue weighted by molar-refractivity contribution is 5.89. The minimum atomic E-state index is -0.999. The van der Waals surface area contributed by atoms with Gasteiger partial charge in [-0.15, -0.1) is 0 Å². The number of rotatable bonds is 4. The van der Waals surface area contributed by atoms with Crippen LogP contribution in [-0.2, 0) is 4.74 Å². The summed E-state index contributed by atoms with van der Waals surface area (Å²) < 4.78 is 11.2. The first-order valence-corrected chi connectivity index (χ1v) is 5.97. The first-order valence-electron chi connectivity index (χ1n) is 5.97. The molecule has 3 N–H and O–H groups in total. The Balaban J connectivity index is 1.95. The van der Waals surface area contributed by atoms with Gasteiger partial charge in [0.1, 0.15) is 12.4 Å². The van der Waals surface area contributed by atoms with Crippen molar-refractivity contribution in [1.29, 1.82) is 0 Å². The molecule has 1 aromatic carbocycles. The second-order valence-corrected chi connectivity index (χ2v) is 4.51. The summed E-state index contributed by atoms with van der Waals surface area (Å²) in [5, 5.41) is 8.82. The molecule has 98 valence electrons. The number of ether oxygens (including phenoxy) is 2. The van der Waals surface area contributed by atoms with E-state index in [-0.39, 0.29) is 17.8 Å². The Morgan fingerprint density at radius 2 is 2.33 bits per heavy atom. The molecule has 18 heavy (non-hydrogen) atoms. The Hall–Kier alpha value is -1.75. The van der Waals surface area contributed by atoms with Crippen molar-refractivity contribution in [3.8, 4) is 5.75 Å². The predicted octanol–water partition coefficient (Wildman–Crippen LogP) is 1.91. The minimum Gasteiger partial charge on any atom is -0.489 e. The Morgan fingerprint density at radius 3 is 2.89 bits per heavy atom. The Labute approximate surface area is 106 Å². The molecule has 1 aliphatic heterocycles. The normalized spacial score (nSPS) is 22.9. The van der Waals surface area contributed by atoms with Crippen LogP contribution < -0.4 is 10.5 Å². The van der Waals surface area contributed by atoms with Crippen LogP contribution in [0.5, 0.6) is 5.75 Å². The van der Waals surface area contributed by atoms with Gasteiger partial charge in [-0.05, 0) is 38.0 Å². The summed E-state index contributed by atoms with van der Waals surface area (Å²) in [5.41, 5.74) is 6.23. The van der Waals surface area contributed by atoms with Gasteiger partial charge in [-0.1, -0.05) is 0 Å². The third kappa shape index (κ3) is 2.92. The quantitative estimate of drug-likeness (QED) is 0.799. The molecule has 2 atom stereocenters. The number of nitrogen functional groups attached to an aromatic ring is 1. The van der Waals surface area contributed by atoms with Crippen LogP contribution in [0.4, 0.5) is 5.69 Å². The largest absolute Gasteiger partial charge is 0.489 e. The molecule has 1 fully saturated rings. The van der Waals surface area contributed by atoms with Gasteiger partial charge in [0.2, 0.25) is 0 Å². The molecule has 0 amide bonds. The molecule has 0 aliphatic carbocycles. The maximum atomic E-state index is 10.8. The average Bonchev–Trinajstić information content (AvgIpc) is 2.73. The topological polar surface area (TPSA) is 81.8 Å². The molecule has 0 radical (unpaired) electrons. The van der Waals surface area contributed by atoms with Gasteiger partial charge in [0.05, 0.1) is 23.5 Å². The summed E-state index contributed by atoms with van der Waals surface area (Å²) in [5.74, 6) is -0.496. The standard InChI is InChI=1S/C13H17NO4/c1-8-2-4-10(18-8)7-17-12-5-3-9(13(15)16)6-11(12)14/h3,5-6,8,10H,2,4,7,14H2,1H3,(H,15,16). The van der Waals surface area contributed by atoms with Gasteiger partial charge < -0.3 is 20.3 Å². The Morgan fingerprint density at radius 1 is 1.56 bits per heavy atom.